The van der Waals surface area contributed by atoms with Gasteiger partial charge in [0.1, 0.15) is 0 Å². The van der Waals surface area contributed by atoms with Crippen molar-refractivity contribution in [2.75, 3.05) is 0 Å². The number of hydrogen-bond acceptors (Lipinski definition) is 1. The Kier molecular flexibility index (Phi) is 3.67. The molecule has 0 spiro atoms. The third kappa shape index (κ3) is 3.17. The van der Waals surface area contributed by atoms with E-state index in [-0.39, 0.29) is 0 Å². The molecule has 4 heteroatoms. The molecule has 0 aliphatic carbocycles. The molecule has 0 unspecified atom stereocenters. The van der Waals surface area contributed by atoms with Crippen LogP contribution in [0.4, 0.5) is 13.2 Å². The molecule has 0 amide bonds. The maximum absolute atomic E-state index is 12.5. The first kappa shape index (κ1) is 14.3. The lowest BCUT2D eigenvalue weighted by molar-refractivity contribution is -0.137. The minimum atomic E-state index is -4.30. The molecule has 1 aromatic heterocycles. The van der Waals surface area contributed by atoms with E-state index in [9.17, 15) is 13.2 Å². The topological polar surface area (TPSA) is 12.9 Å². The monoisotopic (exact) mass is 299 g/mol. The molecule has 2 aromatic carbocycles. The Morgan fingerprint density at radius 2 is 1.50 bits per heavy atom. The Bertz CT molecular complexity index is 818. The average Bonchev–Trinajstić information content (AvgIpc) is 2.52. The molecule has 110 valence electrons. The SMILES string of the molecule is FC(F)(F)c1ccc(C=Cc2ccc3ccccc3n2)cc1. The lowest BCUT2D eigenvalue weighted by atomic mass is 10.1. The third-order valence-corrected chi connectivity index (χ3v) is 3.30. The Hall–Kier alpha value is -2.62. The predicted molar refractivity (Wildman–Crippen MR) is 82.1 cm³/mol. The summed E-state index contributed by atoms with van der Waals surface area (Å²) in [6.45, 7) is 0. The van der Waals surface area contributed by atoms with Gasteiger partial charge in [-0.05, 0) is 35.9 Å². The number of aromatic nitrogens is 1. The Morgan fingerprint density at radius 1 is 0.773 bits per heavy atom. The predicted octanol–water partition coefficient (Wildman–Crippen LogP) is 5.42. The van der Waals surface area contributed by atoms with Crippen molar-refractivity contribution in [3.8, 4) is 0 Å². The van der Waals surface area contributed by atoms with Gasteiger partial charge in [-0.2, -0.15) is 13.2 Å². The number of nitrogens with zero attached hydrogens (tertiary/aromatic N) is 1. The molecule has 3 aromatic rings. The molecule has 0 aliphatic heterocycles. The number of hydrogen-bond donors (Lipinski definition) is 0. The van der Waals surface area contributed by atoms with Crippen LogP contribution in [0.15, 0.2) is 60.7 Å². The quantitative estimate of drug-likeness (QED) is 0.615. The maximum Gasteiger partial charge on any atom is 0.416 e. The summed E-state index contributed by atoms with van der Waals surface area (Å²) in [6.07, 6.45) is -0.769. The van der Waals surface area contributed by atoms with Crippen LogP contribution in [-0.4, -0.2) is 4.98 Å². The first-order valence-electron chi connectivity index (χ1n) is 6.73. The van der Waals surface area contributed by atoms with E-state index in [4.69, 9.17) is 0 Å². The van der Waals surface area contributed by atoms with Crippen LogP contribution in [0.5, 0.6) is 0 Å². The molecule has 0 saturated heterocycles. The van der Waals surface area contributed by atoms with E-state index >= 15 is 0 Å². The van der Waals surface area contributed by atoms with Gasteiger partial charge in [0.15, 0.2) is 0 Å². The number of alkyl halides is 3. The fourth-order valence-corrected chi connectivity index (χ4v) is 2.14. The van der Waals surface area contributed by atoms with E-state index in [0.29, 0.717) is 5.56 Å². The first-order chi connectivity index (χ1) is 10.5. The molecule has 0 fully saturated rings. The zero-order valence-corrected chi connectivity index (χ0v) is 11.5. The smallest absolute Gasteiger partial charge is 0.248 e. The lowest BCUT2D eigenvalue weighted by Gasteiger charge is -2.05. The minimum Gasteiger partial charge on any atom is -0.248 e. The summed E-state index contributed by atoms with van der Waals surface area (Å²) in [4.78, 5) is 4.48. The summed E-state index contributed by atoms with van der Waals surface area (Å²) >= 11 is 0. The van der Waals surface area contributed by atoms with Crippen LogP contribution >= 0.6 is 0 Å². The normalized spacial score (nSPS) is 12.1. The van der Waals surface area contributed by atoms with Crippen LogP contribution in [0.1, 0.15) is 16.8 Å². The van der Waals surface area contributed by atoms with Crippen LogP contribution in [0.25, 0.3) is 23.1 Å². The molecule has 1 nitrogen and oxygen atoms in total. The maximum atomic E-state index is 12.5. The zero-order valence-electron chi connectivity index (χ0n) is 11.5. The number of para-hydroxylation sites is 1. The highest BCUT2D eigenvalue weighted by Gasteiger charge is 2.29. The summed E-state index contributed by atoms with van der Waals surface area (Å²) < 4.78 is 37.5. The van der Waals surface area contributed by atoms with Gasteiger partial charge >= 0.3 is 6.18 Å². The molecule has 0 aliphatic rings. The lowest BCUT2D eigenvalue weighted by Crippen LogP contribution is -2.03. The number of pyridine rings is 1. The van der Waals surface area contributed by atoms with E-state index in [2.05, 4.69) is 4.98 Å². The summed E-state index contributed by atoms with van der Waals surface area (Å²) in [5, 5.41) is 1.05. The van der Waals surface area contributed by atoms with Gasteiger partial charge in [0.25, 0.3) is 0 Å². The number of fused-ring (bicyclic) bond motifs is 1. The molecule has 0 bridgehead atoms. The molecule has 0 saturated carbocycles. The molecular weight excluding hydrogens is 287 g/mol. The van der Waals surface area contributed by atoms with Gasteiger partial charge in [0.2, 0.25) is 0 Å². The summed E-state index contributed by atoms with van der Waals surface area (Å²) in [5.41, 5.74) is 1.70. The second kappa shape index (κ2) is 5.64. The van der Waals surface area contributed by atoms with Gasteiger partial charge in [-0.1, -0.05) is 42.5 Å². The Labute approximate surface area is 125 Å². The number of rotatable bonds is 2. The van der Waals surface area contributed by atoms with Gasteiger partial charge in [0, 0.05) is 5.39 Å². The van der Waals surface area contributed by atoms with E-state index in [0.717, 1.165) is 28.7 Å². The summed E-state index contributed by atoms with van der Waals surface area (Å²) in [7, 11) is 0. The summed E-state index contributed by atoms with van der Waals surface area (Å²) in [5.74, 6) is 0. The van der Waals surface area contributed by atoms with Crippen molar-refractivity contribution in [1.82, 2.24) is 4.98 Å². The van der Waals surface area contributed by atoms with Gasteiger partial charge in [-0.15, -0.1) is 0 Å². The van der Waals surface area contributed by atoms with Crippen molar-refractivity contribution >= 4 is 23.1 Å². The second-order valence-corrected chi connectivity index (χ2v) is 4.88. The minimum absolute atomic E-state index is 0.645. The van der Waals surface area contributed by atoms with E-state index in [1.54, 1.807) is 12.2 Å². The van der Waals surface area contributed by atoms with Crippen molar-refractivity contribution in [3.05, 3.63) is 77.5 Å². The molecule has 3 rings (SSSR count). The third-order valence-electron chi connectivity index (χ3n) is 3.30. The number of halogens is 3. The molecule has 22 heavy (non-hydrogen) atoms. The van der Waals surface area contributed by atoms with Crippen molar-refractivity contribution in [3.63, 3.8) is 0 Å². The van der Waals surface area contributed by atoms with Crippen LogP contribution in [0, 0.1) is 0 Å². The standard InChI is InChI=1S/C18H12F3N/c19-18(20,21)15-9-5-13(6-10-15)7-11-16-12-8-14-3-1-2-4-17(14)22-16/h1-12H. The molecule has 0 radical (unpaired) electrons. The van der Waals surface area contributed by atoms with Gasteiger partial charge < -0.3 is 0 Å². The average molecular weight is 299 g/mol. The van der Waals surface area contributed by atoms with Crippen molar-refractivity contribution in [2.24, 2.45) is 0 Å². The molecule has 0 N–H and O–H groups in total. The Balaban J connectivity index is 1.83. The van der Waals surface area contributed by atoms with Crippen molar-refractivity contribution in [2.45, 2.75) is 6.18 Å². The molecule has 1 heterocycles. The highest BCUT2D eigenvalue weighted by molar-refractivity contribution is 5.80. The van der Waals surface area contributed by atoms with Crippen molar-refractivity contribution < 1.29 is 13.2 Å². The van der Waals surface area contributed by atoms with Crippen LogP contribution < -0.4 is 0 Å². The highest BCUT2D eigenvalue weighted by atomic mass is 19.4. The summed E-state index contributed by atoms with van der Waals surface area (Å²) in [6, 6.07) is 16.6. The zero-order chi connectivity index (χ0) is 15.6. The molecular formula is C18H12F3N. The first-order valence-corrected chi connectivity index (χ1v) is 6.73. The fraction of sp³-hybridized carbons (Fsp3) is 0.0556. The van der Waals surface area contributed by atoms with E-state index in [1.165, 1.54) is 12.1 Å². The van der Waals surface area contributed by atoms with Gasteiger partial charge in [-0.25, -0.2) is 4.98 Å². The van der Waals surface area contributed by atoms with Crippen LogP contribution in [0.2, 0.25) is 0 Å². The fourth-order valence-electron chi connectivity index (χ4n) is 2.14. The van der Waals surface area contributed by atoms with Gasteiger partial charge in [-0.3, -0.25) is 0 Å². The van der Waals surface area contributed by atoms with Crippen LogP contribution in [-0.2, 0) is 6.18 Å². The highest BCUT2D eigenvalue weighted by Crippen LogP contribution is 2.29. The van der Waals surface area contributed by atoms with E-state index in [1.807, 2.05) is 36.4 Å². The number of benzene rings is 2. The second-order valence-electron chi connectivity index (χ2n) is 4.88. The van der Waals surface area contributed by atoms with Crippen molar-refractivity contribution in [1.29, 1.82) is 0 Å². The van der Waals surface area contributed by atoms with E-state index < -0.39 is 11.7 Å². The Morgan fingerprint density at radius 3 is 2.23 bits per heavy atom. The largest absolute Gasteiger partial charge is 0.416 e. The van der Waals surface area contributed by atoms with Crippen LogP contribution in [0.3, 0.4) is 0 Å². The molecule has 0 atom stereocenters. The van der Waals surface area contributed by atoms with Gasteiger partial charge in [0.05, 0.1) is 16.8 Å².